The molecule has 0 bridgehead atoms. The fourth-order valence-electron chi connectivity index (χ4n) is 3.07. The predicted molar refractivity (Wildman–Crippen MR) is 136 cm³/mol. The van der Waals surface area contributed by atoms with E-state index < -0.39 is 17.8 Å². The average molecular weight is 489 g/mol. The molecule has 0 aliphatic carbocycles. The van der Waals surface area contributed by atoms with Gasteiger partial charge in [0.2, 0.25) is 0 Å². The zero-order chi connectivity index (χ0) is 24.2. The zero-order valence-electron chi connectivity index (χ0n) is 18.4. The maximum absolute atomic E-state index is 12.8. The van der Waals surface area contributed by atoms with Crippen molar-refractivity contribution in [2.45, 2.75) is 13.8 Å². The molecule has 3 aromatic carbocycles. The van der Waals surface area contributed by atoms with Crippen molar-refractivity contribution in [1.29, 1.82) is 0 Å². The van der Waals surface area contributed by atoms with Crippen molar-refractivity contribution >= 4 is 52.2 Å². The molecule has 0 atom stereocenters. The molecular weight excluding hydrogens is 468 g/mol. The highest BCUT2D eigenvalue weighted by Crippen LogP contribution is 2.31. The summed E-state index contributed by atoms with van der Waals surface area (Å²) < 4.78 is 5.64. The first-order valence-corrected chi connectivity index (χ1v) is 11.6. The van der Waals surface area contributed by atoms with Gasteiger partial charge in [-0.05, 0) is 74.1 Å². The molecule has 0 unspecified atom stereocenters. The van der Waals surface area contributed by atoms with Gasteiger partial charge in [-0.3, -0.25) is 15.0 Å². The zero-order valence-corrected chi connectivity index (χ0v) is 20.0. The number of nitrogens with one attached hydrogen (secondary N) is 1. The number of hydrazine groups is 1. The van der Waals surface area contributed by atoms with Crippen molar-refractivity contribution in [3.63, 3.8) is 0 Å². The SMILES string of the molecule is Cc1ccc(C(=O)NN2C(=O)/C(=C/c3ccc(OC(=O)c4ccc(C)cc4)cc3)SC2=S)cc1. The van der Waals surface area contributed by atoms with Crippen LogP contribution in [0.3, 0.4) is 0 Å². The molecule has 1 fully saturated rings. The minimum atomic E-state index is -0.446. The van der Waals surface area contributed by atoms with Crippen LogP contribution >= 0.6 is 24.0 Å². The van der Waals surface area contributed by atoms with Crippen LogP contribution in [0.2, 0.25) is 0 Å². The van der Waals surface area contributed by atoms with E-state index in [0.29, 0.717) is 21.8 Å². The van der Waals surface area contributed by atoms with E-state index >= 15 is 0 Å². The fraction of sp³-hybridized carbons (Fsp3) is 0.0769. The number of hydrogen-bond donors (Lipinski definition) is 1. The second kappa shape index (κ2) is 10.0. The average Bonchev–Trinajstić information content (AvgIpc) is 3.08. The van der Waals surface area contributed by atoms with Gasteiger partial charge in [0.05, 0.1) is 10.5 Å². The molecule has 2 amide bonds. The van der Waals surface area contributed by atoms with Crippen molar-refractivity contribution in [2.75, 3.05) is 0 Å². The second-order valence-electron chi connectivity index (χ2n) is 7.65. The van der Waals surface area contributed by atoms with E-state index in [1.54, 1.807) is 54.6 Å². The van der Waals surface area contributed by atoms with Crippen molar-refractivity contribution in [3.05, 3.63) is 106 Å². The smallest absolute Gasteiger partial charge is 0.343 e. The Morgan fingerprint density at radius 1 is 0.882 bits per heavy atom. The number of thioether (sulfide) groups is 1. The Labute approximate surface area is 206 Å². The summed E-state index contributed by atoms with van der Waals surface area (Å²) in [6.07, 6.45) is 1.67. The molecule has 8 heteroatoms. The van der Waals surface area contributed by atoms with Gasteiger partial charge < -0.3 is 4.74 Å². The van der Waals surface area contributed by atoms with Gasteiger partial charge in [-0.15, -0.1) is 0 Å². The van der Waals surface area contributed by atoms with Crippen LogP contribution in [0.25, 0.3) is 6.08 Å². The molecule has 0 radical (unpaired) electrons. The molecule has 0 saturated carbocycles. The first-order chi connectivity index (χ1) is 16.3. The maximum atomic E-state index is 12.8. The number of hydrogen-bond acceptors (Lipinski definition) is 6. The van der Waals surface area contributed by atoms with Crippen molar-refractivity contribution in [1.82, 2.24) is 10.4 Å². The summed E-state index contributed by atoms with van der Waals surface area (Å²) >= 11 is 6.38. The summed E-state index contributed by atoms with van der Waals surface area (Å²) in [5.41, 5.74) is 6.27. The van der Waals surface area contributed by atoms with Crippen LogP contribution in [0.4, 0.5) is 0 Å². The number of esters is 1. The van der Waals surface area contributed by atoms with Crippen LogP contribution in [0.15, 0.2) is 77.7 Å². The van der Waals surface area contributed by atoms with E-state index in [2.05, 4.69) is 5.43 Å². The number of thiocarbonyl (C=S) groups is 1. The second-order valence-corrected chi connectivity index (χ2v) is 9.32. The minimum Gasteiger partial charge on any atom is -0.423 e. The highest BCUT2D eigenvalue weighted by Gasteiger charge is 2.33. The molecule has 1 heterocycles. The first kappa shape index (κ1) is 23.4. The van der Waals surface area contributed by atoms with E-state index in [0.717, 1.165) is 33.5 Å². The molecule has 0 spiro atoms. The third-order valence-corrected chi connectivity index (χ3v) is 6.30. The van der Waals surface area contributed by atoms with Gasteiger partial charge in [0.25, 0.3) is 11.8 Å². The summed E-state index contributed by atoms with van der Waals surface area (Å²) in [5, 5.41) is 1.08. The van der Waals surface area contributed by atoms with Crippen molar-refractivity contribution in [3.8, 4) is 5.75 Å². The topological polar surface area (TPSA) is 75.7 Å². The Balaban J connectivity index is 1.41. The van der Waals surface area contributed by atoms with Gasteiger partial charge in [0.1, 0.15) is 5.75 Å². The van der Waals surface area contributed by atoms with Crippen LogP contribution in [0, 0.1) is 13.8 Å². The normalized spacial score (nSPS) is 14.4. The Kier molecular flexibility index (Phi) is 6.90. The fourth-order valence-corrected chi connectivity index (χ4v) is 4.25. The lowest BCUT2D eigenvalue weighted by Gasteiger charge is -2.15. The van der Waals surface area contributed by atoms with Crippen LogP contribution in [-0.2, 0) is 4.79 Å². The monoisotopic (exact) mass is 488 g/mol. The van der Waals surface area contributed by atoms with Gasteiger partial charge in [-0.25, -0.2) is 4.79 Å². The number of aryl methyl sites for hydroxylation is 2. The Bertz CT molecular complexity index is 1300. The lowest BCUT2D eigenvalue weighted by atomic mass is 10.1. The summed E-state index contributed by atoms with van der Waals surface area (Å²) in [4.78, 5) is 37.9. The van der Waals surface area contributed by atoms with Crippen LogP contribution in [0.1, 0.15) is 37.4 Å². The predicted octanol–water partition coefficient (Wildman–Crippen LogP) is 5.07. The quantitative estimate of drug-likeness (QED) is 0.234. The number of amides is 2. The maximum Gasteiger partial charge on any atom is 0.343 e. The van der Waals surface area contributed by atoms with Gasteiger partial charge in [0.15, 0.2) is 4.32 Å². The van der Waals surface area contributed by atoms with Gasteiger partial charge in [0, 0.05) is 5.56 Å². The van der Waals surface area contributed by atoms with E-state index in [1.165, 1.54) is 0 Å². The van der Waals surface area contributed by atoms with E-state index in [9.17, 15) is 14.4 Å². The third kappa shape index (κ3) is 5.41. The van der Waals surface area contributed by atoms with Crippen molar-refractivity contribution < 1.29 is 19.1 Å². The molecular formula is C26H20N2O4S2. The van der Waals surface area contributed by atoms with Crippen LogP contribution < -0.4 is 10.2 Å². The molecule has 6 nitrogen and oxygen atoms in total. The van der Waals surface area contributed by atoms with Gasteiger partial charge in [-0.2, -0.15) is 5.01 Å². The molecule has 1 aliphatic rings. The van der Waals surface area contributed by atoms with E-state index in [1.807, 2.05) is 38.1 Å². The summed E-state index contributed by atoms with van der Waals surface area (Å²) in [7, 11) is 0. The standard InChI is InChI=1S/C26H20N2O4S2/c1-16-3-9-19(10-4-16)23(29)27-28-24(30)22(34-26(28)33)15-18-7-13-21(14-8-18)32-25(31)20-11-5-17(2)6-12-20/h3-15H,1-2H3,(H,27,29)/b22-15-. The Morgan fingerprint density at radius 3 is 2.03 bits per heavy atom. The molecule has 1 aliphatic heterocycles. The van der Waals surface area contributed by atoms with Crippen molar-refractivity contribution in [2.24, 2.45) is 0 Å². The van der Waals surface area contributed by atoms with Gasteiger partial charge in [-0.1, -0.05) is 59.3 Å². The van der Waals surface area contributed by atoms with Gasteiger partial charge >= 0.3 is 5.97 Å². The number of ether oxygens (including phenoxy) is 1. The van der Waals surface area contributed by atoms with E-state index in [-0.39, 0.29) is 4.32 Å². The molecule has 34 heavy (non-hydrogen) atoms. The highest BCUT2D eigenvalue weighted by molar-refractivity contribution is 8.26. The molecule has 1 saturated heterocycles. The molecule has 1 N–H and O–H groups in total. The lowest BCUT2D eigenvalue weighted by molar-refractivity contribution is -0.123. The van der Waals surface area contributed by atoms with Crippen LogP contribution in [-0.4, -0.2) is 27.1 Å². The molecule has 4 rings (SSSR count). The number of carbonyl (C=O) groups is 3. The first-order valence-electron chi connectivity index (χ1n) is 10.3. The largest absolute Gasteiger partial charge is 0.423 e. The van der Waals surface area contributed by atoms with Crippen LogP contribution in [0.5, 0.6) is 5.75 Å². The Morgan fingerprint density at radius 2 is 1.44 bits per heavy atom. The molecule has 3 aromatic rings. The molecule has 170 valence electrons. The lowest BCUT2D eigenvalue weighted by Crippen LogP contribution is -2.44. The minimum absolute atomic E-state index is 0.236. The number of benzene rings is 3. The Hall–Kier alpha value is -3.75. The number of rotatable bonds is 5. The highest BCUT2D eigenvalue weighted by atomic mass is 32.2. The number of nitrogens with zero attached hydrogens (tertiary/aromatic N) is 1. The van der Waals surface area contributed by atoms with E-state index in [4.69, 9.17) is 17.0 Å². The summed E-state index contributed by atoms with van der Waals surface area (Å²) in [6, 6.07) is 20.9. The summed E-state index contributed by atoms with van der Waals surface area (Å²) in [5.74, 6) is -0.888. The third-order valence-electron chi connectivity index (χ3n) is 5.00. The number of carbonyl (C=O) groups excluding carboxylic acids is 3. The summed E-state index contributed by atoms with van der Waals surface area (Å²) in [6.45, 7) is 3.87. The molecule has 0 aromatic heterocycles.